The van der Waals surface area contributed by atoms with Gasteiger partial charge in [-0.05, 0) is 47.0 Å². The number of hydrogen-bond donors (Lipinski definition) is 1. The molecule has 1 N–H and O–H groups in total. The van der Waals surface area contributed by atoms with E-state index in [-0.39, 0.29) is 0 Å². The lowest BCUT2D eigenvalue weighted by molar-refractivity contribution is 0.669. The Labute approximate surface area is 186 Å². The highest BCUT2D eigenvalue weighted by Crippen LogP contribution is 2.39. The third-order valence-corrected chi connectivity index (χ3v) is 5.88. The first kappa shape index (κ1) is 18.5. The van der Waals surface area contributed by atoms with Crippen molar-refractivity contribution in [2.75, 3.05) is 5.32 Å². The molecule has 5 aromatic carbocycles. The van der Waals surface area contributed by atoms with Gasteiger partial charge < -0.3 is 9.73 Å². The smallest absolute Gasteiger partial charge is 0.137 e. The number of rotatable bonds is 4. The SMILES string of the molecule is c1ccc(-c2ccc3oc4cccc(Nc5ccccc5-c5ccccc5)c4c3c2)cc1. The molecule has 0 amide bonds. The molecule has 1 aromatic heterocycles. The summed E-state index contributed by atoms with van der Waals surface area (Å²) < 4.78 is 6.20. The summed E-state index contributed by atoms with van der Waals surface area (Å²) >= 11 is 0. The van der Waals surface area contributed by atoms with Crippen LogP contribution in [0.4, 0.5) is 11.4 Å². The zero-order valence-electron chi connectivity index (χ0n) is 17.5. The predicted molar refractivity (Wildman–Crippen MR) is 134 cm³/mol. The normalized spacial score (nSPS) is 11.1. The average molecular weight is 412 g/mol. The van der Waals surface area contributed by atoms with Gasteiger partial charge in [-0.25, -0.2) is 0 Å². The van der Waals surface area contributed by atoms with E-state index in [1.54, 1.807) is 0 Å². The second-order valence-corrected chi connectivity index (χ2v) is 7.89. The molecular weight excluding hydrogens is 390 g/mol. The Bertz CT molecular complexity index is 1530. The Balaban J connectivity index is 1.51. The molecule has 0 spiro atoms. The highest BCUT2D eigenvalue weighted by atomic mass is 16.3. The van der Waals surface area contributed by atoms with E-state index in [1.165, 1.54) is 22.3 Å². The lowest BCUT2D eigenvalue weighted by Crippen LogP contribution is -1.93. The van der Waals surface area contributed by atoms with E-state index < -0.39 is 0 Å². The number of nitrogens with one attached hydrogen (secondary N) is 1. The second kappa shape index (κ2) is 7.75. The summed E-state index contributed by atoms with van der Waals surface area (Å²) in [6, 6.07) is 41.9. The van der Waals surface area contributed by atoms with E-state index in [0.717, 1.165) is 33.3 Å². The summed E-state index contributed by atoms with van der Waals surface area (Å²) in [4.78, 5) is 0. The van der Waals surface area contributed by atoms with Crippen LogP contribution in [0.2, 0.25) is 0 Å². The largest absolute Gasteiger partial charge is 0.456 e. The van der Waals surface area contributed by atoms with Gasteiger partial charge in [0.2, 0.25) is 0 Å². The topological polar surface area (TPSA) is 25.2 Å². The zero-order chi connectivity index (χ0) is 21.3. The van der Waals surface area contributed by atoms with Crippen LogP contribution in [0.25, 0.3) is 44.2 Å². The molecule has 0 unspecified atom stereocenters. The van der Waals surface area contributed by atoms with Crippen molar-refractivity contribution in [1.82, 2.24) is 0 Å². The molecule has 0 fully saturated rings. The Morgan fingerprint density at radius 2 is 1.16 bits per heavy atom. The van der Waals surface area contributed by atoms with Gasteiger partial charge in [0, 0.05) is 16.6 Å². The Kier molecular flexibility index (Phi) is 4.47. The monoisotopic (exact) mass is 411 g/mol. The highest BCUT2D eigenvalue weighted by Gasteiger charge is 2.14. The maximum atomic E-state index is 6.20. The third kappa shape index (κ3) is 3.23. The van der Waals surface area contributed by atoms with Gasteiger partial charge in [0.25, 0.3) is 0 Å². The van der Waals surface area contributed by atoms with E-state index in [4.69, 9.17) is 4.42 Å². The fourth-order valence-electron chi connectivity index (χ4n) is 4.35. The molecule has 0 bridgehead atoms. The standard InChI is InChI=1S/C30H21NO/c1-3-10-21(11-4-1)23-18-19-28-25(20-23)30-27(16-9-17-29(30)32-28)31-26-15-8-7-14-24(26)22-12-5-2-6-13-22/h1-20,31H. The van der Waals surface area contributed by atoms with Crippen LogP contribution in [0.15, 0.2) is 126 Å². The van der Waals surface area contributed by atoms with Crippen molar-refractivity contribution in [1.29, 1.82) is 0 Å². The molecule has 0 aliphatic carbocycles. The molecule has 0 saturated heterocycles. The van der Waals surface area contributed by atoms with Gasteiger partial charge in [-0.1, -0.05) is 91.0 Å². The molecule has 0 aliphatic rings. The lowest BCUT2D eigenvalue weighted by Gasteiger charge is -2.13. The van der Waals surface area contributed by atoms with Gasteiger partial charge >= 0.3 is 0 Å². The van der Waals surface area contributed by atoms with Crippen molar-refractivity contribution in [2.45, 2.75) is 0 Å². The van der Waals surface area contributed by atoms with Crippen LogP contribution in [0.1, 0.15) is 0 Å². The van der Waals surface area contributed by atoms with Crippen LogP contribution < -0.4 is 5.32 Å². The van der Waals surface area contributed by atoms with Crippen LogP contribution in [-0.2, 0) is 0 Å². The van der Waals surface area contributed by atoms with Crippen molar-refractivity contribution in [3.05, 3.63) is 121 Å². The van der Waals surface area contributed by atoms with E-state index in [0.29, 0.717) is 0 Å². The lowest BCUT2D eigenvalue weighted by atomic mass is 10.0. The molecule has 2 nitrogen and oxygen atoms in total. The molecule has 6 rings (SSSR count). The van der Waals surface area contributed by atoms with E-state index >= 15 is 0 Å². The fraction of sp³-hybridized carbons (Fsp3) is 0. The summed E-state index contributed by atoms with van der Waals surface area (Å²) in [7, 11) is 0. The van der Waals surface area contributed by atoms with E-state index in [1.807, 2.05) is 24.3 Å². The van der Waals surface area contributed by atoms with Crippen LogP contribution in [-0.4, -0.2) is 0 Å². The van der Waals surface area contributed by atoms with Crippen molar-refractivity contribution >= 4 is 33.3 Å². The molecule has 2 heteroatoms. The van der Waals surface area contributed by atoms with Gasteiger partial charge in [0.1, 0.15) is 11.2 Å². The first-order valence-corrected chi connectivity index (χ1v) is 10.8. The van der Waals surface area contributed by atoms with E-state index in [9.17, 15) is 0 Å². The minimum absolute atomic E-state index is 0.882. The Hall–Kier alpha value is -4.30. The highest BCUT2D eigenvalue weighted by molar-refractivity contribution is 6.13. The molecule has 32 heavy (non-hydrogen) atoms. The first-order chi connectivity index (χ1) is 15.9. The number of furan rings is 1. The summed E-state index contributed by atoms with van der Waals surface area (Å²) in [6.45, 7) is 0. The van der Waals surface area contributed by atoms with E-state index in [2.05, 4.69) is 102 Å². The van der Waals surface area contributed by atoms with Crippen molar-refractivity contribution in [3.63, 3.8) is 0 Å². The molecular formula is C30H21NO. The van der Waals surface area contributed by atoms with Gasteiger partial charge in [0.05, 0.1) is 11.1 Å². The minimum Gasteiger partial charge on any atom is -0.456 e. The molecule has 0 atom stereocenters. The van der Waals surface area contributed by atoms with Crippen LogP contribution in [0.5, 0.6) is 0 Å². The first-order valence-electron chi connectivity index (χ1n) is 10.8. The van der Waals surface area contributed by atoms with Gasteiger partial charge in [-0.2, -0.15) is 0 Å². The molecule has 0 saturated carbocycles. The molecule has 0 radical (unpaired) electrons. The Morgan fingerprint density at radius 1 is 0.469 bits per heavy atom. The van der Waals surface area contributed by atoms with Crippen molar-refractivity contribution in [3.8, 4) is 22.3 Å². The Morgan fingerprint density at radius 3 is 1.97 bits per heavy atom. The summed E-state index contributed by atoms with van der Waals surface area (Å²) in [5.74, 6) is 0. The number of anilines is 2. The van der Waals surface area contributed by atoms with Gasteiger partial charge in [-0.3, -0.25) is 0 Å². The van der Waals surface area contributed by atoms with Crippen LogP contribution in [0, 0.1) is 0 Å². The quantitative estimate of drug-likeness (QED) is 0.314. The fourth-order valence-corrected chi connectivity index (χ4v) is 4.35. The number of benzene rings is 5. The second-order valence-electron chi connectivity index (χ2n) is 7.89. The third-order valence-electron chi connectivity index (χ3n) is 5.88. The maximum Gasteiger partial charge on any atom is 0.137 e. The van der Waals surface area contributed by atoms with Gasteiger partial charge in [0.15, 0.2) is 0 Å². The summed E-state index contributed by atoms with van der Waals surface area (Å²) in [6.07, 6.45) is 0. The molecule has 152 valence electrons. The number of hydrogen-bond acceptors (Lipinski definition) is 2. The molecule has 0 aliphatic heterocycles. The number of para-hydroxylation sites is 1. The molecule has 6 aromatic rings. The maximum absolute atomic E-state index is 6.20. The summed E-state index contributed by atoms with van der Waals surface area (Å²) in [5, 5.41) is 5.90. The zero-order valence-corrected chi connectivity index (χ0v) is 17.5. The minimum atomic E-state index is 0.882. The van der Waals surface area contributed by atoms with Crippen molar-refractivity contribution < 1.29 is 4.42 Å². The predicted octanol–water partition coefficient (Wildman–Crippen LogP) is 8.66. The van der Waals surface area contributed by atoms with Gasteiger partial charge in [-0.15, -0.1) is 0 Å². The summed E-state index contributed by atoms with van der Waals surface area (Å²) in [5.41, 5.74) is 8.62. The average Bonchev–Trinajstić information content (AvgIpc) is 3.24. The van der Waals surface area contributed by atoms with Crippen molar-refractivity contribution in [2.24, 2.45) is 0 Å². The number of fused-ring (bicyclic) bond motifs is 3. The van der Waals surface area contributed by atoms with Crippen LogP contribution in [0.3, 0.4) is 0 Å². The molecule has 1 heterocycles. The van der Waals surface area contributed by atoms with Crippen LogP contribution >= 0.6 is 0 Å².